The fourth-order valence-electron chi connectivity index (χ4n) is 1.35. The Morgan fingerprint density at radius 2 is 1.73 bits per heavy atom. The molecule has 2 nitrogen and oxygen atoms in total. The summed E-state index contributed by atoms with van der Waals surface area (Å²) < 4.78 is 0. The molecule has 3 N–H and O–H groups in total. The van der Waals surface area contributed by atoms with Gasteiger partial charge in [0.15, 0.2) is 6.20 Å². The lowest BCUT2D eigenvalue weighted by molar-refractivity contribution is -0.380. The summed E-state index contributed by atoms with van der Waals surface area (Å²) in [5.41, 5.74) is 8.71. The predicted molar refractivity (Wildman–Crippen MR) is 62.8 cm³/mol. The molecule has 2 aromatic rings. The number of rotatable bonds is 2. The minimum atomic E-state index is 0.796. The van der Waals surface area contributed by atoms with Crippen LogP contribution in [0.4, 0.5) is 5.69 Å². The molecule has 0 spiro atoms. The smallest absolute Gasteiger partial charge is 0.203 e. The molecular formula is C13H13N2+. The first-order chi connectivity index (χ1) is 7.36. The van der Waals surface area contributed by atoms with Gasteiger partial charge in [-0.3, -0.25) is 0 Å². The van der Waals surface area contributed by atoms with E-state index in [-0.39, 0.29) is 0 Å². The van der Waals surface area contributed by atoms with Gasteiger partial charge in [0.05, 0.1) is 0 Å². The van der Waals surface area contributed by atoms with Gasteiger partial charge in [0.2, 0.25) is 5.69 Å². The first-order valence-corrected chi connectivity index (χ1v) is 4.85. The van der Waals surface area contributed by atoms with Crippen molar-refractivity contribution in [3.63, 3.8) is 0 Å². The van der Waals surface area contributed by atoms with Crippen molar-refractivity contribution in [1.82, 2.24) is 0 Å². The Bertz CT molecular complexity index is 461. The second kappa shape index (κ2) is 4.42. The lowest BCUT2D eigenvalue weighted by Gasteiger charge is -1.96. The number of aromatic amines is 1. The van der Waals surface area contributed by atoms with Crippen LogP contribution in [0.3, 0.4) is 0 Å². The van der Waals surface area contributed by atoms with Gasteiger partial charge in [-0.2, -0.15) is 0 Å². The third-order valence-corrected chi connectivity index (χ3v) is 2.17. The zero-order valence-electron chi connectivity index (χ0n) is 8.35. The van der Waals surface area contributed by atoms with Gasteiger partial charge < -0.3 is 5.73 Å². The van der Waals surface area contributed by atoms with Crippen molar-refractivity contribution < 1.29 is 4.98 Å². The summed E-state index contributed by atoms with van der Waals surface area (Å²) in [5, 5.41) is 0. The molecule has 1 aromatic heterocycles. The van der Waals surface area contributed by atoms with E-state index in [1.807, 2.05) is 60.8 Å². The zero-order valence-corrected chi connectivity index (χ0v) is 8.35. The van der Waals surface area contributed by atoms with Crippen molar-refractivity contribution in [3.8, 4) is 0 Å². The summed E-state index contributed by atoms with van der Waals surface area (Å²) in [6.45, 7) is 0. The quantitative estimate of drug-likeness (QED) is 0.737. The first-order valence-electron chi connectivity index (χ1n) is 4.85. The van der Waals surface area contributed by atoms with Crippen LogP contribution >= 0.6 is 0 Å². The molecule has 0 amide bonds. The highest BCUT2D eigenvalue weighted by molar-refractivity contribution is 5.73. The molecule has 0 aliphatic carbocycles. The van der Waals surface area contributed by atoms with Crippen LogP contribution in [-0.4, -0.2) is 0 Å². The van der Waals surface area contributed by atoms with Crippen LogP contribution in [0.5, 0.6) is 0 Å². The van der Waals surface area contributed by atoms with E-state index in [0.29, 0.717) is 0 Å². The third kappa shape index (κ3) is 2.44. The minimum Gasteiger partial charge on any atom is -0.398 e. The second-order valence-corrected chi connectivity index (χ2v) is 3.28. The number of benzene rings is 1. The number of nitrogen functional groups attached to an aromatic ring is 1. The zero-order chi connectivity index (χ0) is 10.5. The van der Waals surface area contributed by atoms with Crippen LogP contribution in [0, 0.1) is 0 Å². The maximum Gasteiger partial charge on any atom is 0.203 e. The number of pyridine rings is 1. The van der Waals surface area contributed by atoms with Gasteiger partial charge >= 0.3 is 0 Å². The summed E-state index contributed by atoms with van der Waals surface area (Å²) >= 11 is 0. The third-order valence-electron chi connectivity index (χ3n) is 2.17. The number of aromatic nitrogens is 1. The van der Waals surface area contributed by atoms with Gasteiger partial charge in [-0.05, 0) is 23.8 Å². The number of nitrogens with two attached hydrogens (primary N) is 1. The molecule has 2 rings (SSSR count). The highest BCUT2D eigenvalue weighted by atomic mass is 14.6. The summed E-state index contributed by atoms with van der Waals surface area (Å²) in [6, 6.07) is 13.8. The lowest BCUT2D eigenvalue weighted by Crippen LogP contribution is -2.03. The topological polar surface area (TPSA) is 40.2 Å². The van der Waals surface area contributed by atoms with Crippen molar-refractivity contribution in [2.24, 2.45) is 0 Å². The molecule has 0 fully saturated rings. The molecule has 0 atom stereocenters. The highest BCUT2D eigenvalue weighted by Crippen LogP contribution is 2.13. The van der Waals surface area contributed by atoms with Gasteiger partial charge in [-0.25, -0.2) is 4.98 Å². The Morgan fingerprint density at radius 3 is 2.47 bits per heavy atom. The second-order valence-electron chi connectivity index (χ2n) is 3.28. The van der Waals surface area contributed by atoms with E-state index in [9.17, 15) is 0 Å². The number of H-pyrrole nitrogens is 1. The Hall–Kier alpha value is -2.09. The van der Waals surface area contributed by atoms with Crippen LogP contribution in [0.15, 0.2) is 48.7 Å². The maximum absolute atomic E-state index is 5.82. The van der Waals surface area contributed by atoms with Crippen LogP contribution in [0.1, 0.15) is 11.3 Å². The van der Waals surface area contributed by atoms with E-state index in [0.717, 1.165) is 16.9 Å². The molecule has 2 heteroatoms. The van der Waals surface area contributed by atoms with E-state index >= 15 is 0 Å². The molecule has 74 valence electrons. The van der Waals surface area contributed by atoms with Crippen molar-refractivity contribution in [3.05, 3.63) is 59.9 Å². The van der Waals surface area contributed by atoms with Crippen molar-refractivity contribution in [1.29, 1.82) is 0 Å². The van der Waals surface area contributed by atoms with Crippen LogP contribution in [0.25, 0.3) is 12.2 Å². The number of hydrogen-bond donors (Lipinski definition) is 1. The molecule has 0 unspecified atom stereocenters. The normalized spacial score (nSPS) is 10.7. The molecule has 0 saturated carbocycles. The Balaban J connectivity index is 2.23. The van der Waals surface area contributed by atoms with Crippen LogP contribution < -0.4 is 10.7 Å². The van der Waals surface area contributed by atoms with E-state index in [1.54, 1.807) is 0 Å². The summed E-state index contributed by atoms with van der Waals surface area (Å²) in [5.74, 6) is 0. The average Bonchev–Trinajstić information content (AvgIpc) is 2.29. The van der Waals surface area contributed by atoms with Crippen molar-refractivity contribution >= 4 is 17.8 Å². The summed E-state index contributed by atoms with van der Waals surface area (Å²) in [4.78, 5) is 3.13. The Morgan fingerprint density at radius 1 is 0.933 bits per heavy atom. The summed E-state index contributed by atoms with van der Waals surface area (Å²) in [7, 11) is 0. The van der Waals surface area contributed by atoms with E-state index in [1.165, 1.54) is 0 Å². The van der Waals surface area contributed by atoms with Gasteiger partial charge in [0.1, 0.15) is 0 Å². The Kier molecular flexibility index (Phi) is 2.79. The van der Waals surface area contributed by atoms with E-state index < -0.39 is 0 Å². The molecule has 0 saturated heterocycles. The highest BCUT2D eigenvalue weighted by Gasteiger charge is 1.94. The predicted octanol–water partition coefficient (Wildman–Crippen LogP) is 2.25. The van der Waals surface area contributed by atoms with Gasteiger partial charge in [-0.15, -0.1) is 0 Å². The van der Waals surface area contributed by atoms with E-state index in [4.69, 9.17) is 5.73 Å². The first kappa shape index (κ1) is 9.46. The van der Waals surface area contributed by atoms with Crippen LogP contribution in [-0.2, 0) is 0 Å². The molecule has 0 aliphatic rings. The molecule has 1 aromatic carbocycles. The molecular weight excluding hydrogens is 184 g/mol. The van der Waals surface area contributed by atoms with Gasteiger partial charge in [-0.1, -0.05) is 18.2 Å². The largest absolute Gasteiger partial charge is 0.398 e. The maximum atomic E-state index is 5.82. The average molecular weight is 197 g/mol. The molecule has 15 heavy (non-hydrogen) atoms. The van der Waals surface area contributed by atoms with Crippen molar-refractivity contribution in [2.75, 3.05) is 5.73 Å². The van der Waals surface area contributed by atoms with E-state index in [2.05, 4.69) is 4.98 Å². The molecule has 1 heterocycles. The minimum absolute atomic E-state index is 0.796. The number of anilines is 1. The fourth-order valence-corrected chi connectivity index (χ4v) is 1.35. The van der Waals surface area contributed by atoms with Gasteiger partial charge in [0, 0.05) is 23.9 Å². The number of nitrogens with one attached hydrogen (secondary N) is 1. The monoisotopic (exact) mass is 197 g/mol. The number of para-hydroxylation sites is 1. The fraction of sp³-hybridized carbons (Fsp3) is 0. The number of hydrogen-bond acceptors (Lipinski definition) is 1. The van der Waals surface area contributed by atoms with Gasteiger partial charge in [0.25, 0.3) is 0 Å². The lowest BCUT2D eigenvalue weighted by atomic mass is 10.1. The summed E-state index contributed by atoms with van der Waals surface area (Å²) in [6.07, 6.45) is 5.90. The Labute approximate surface area is 89.1 Å². The standard InChI is InChI=1S/C13H12N2/c14-13-7-2-1-5-11(13)8-9-12-6-3-4-10-15-12/h1-10H,14H2/p+1/b9-8+. The molecule has 0 radical (unpaired) electrons. The van der Waals surface area contributed by atoms with Crippen LogP contribution in [0.2, 0.25) is 0 Å². The van der Waals surface area contributed by atoms with Crippen molar-refractivity contribution in [2.45, 2.75) is 0 Å². The molecule has 0 bridgehead atoms. The SMILES string of the molecule is Nc1ccccc1/C=C/c1cccc[nH+]1. The molecule has 0 aliphatic heterocycles.